The fourth-order valence-electron chi connectivity index (χ4n) is 1.04. The van der Waals surface area contributed by atoms with Crippen LogP contribution in [0.2, 0.25) is 0 Å². The first-order chi connectivity index (χ1) is 6.58. The van der Waals surface area contributed by atoms with Crippen molar-refractivity contribution >= 4 is 11.9 Å². The molecule has 4 nitrogen and oxygen atoms in total. The minimum Gasteiger partial charge on any atom is -0.427 e. The van der Waals surface area contributed by atoms with Crippen molar-refractivity contribution in [2.24, 2.45) is 5.73 Å². The molecule has 0 fully saturated rings. The summed E-state index contributed by atoms with van der Waals surface area (Å²) in [5.41, 5.74) is 5.82. The quantitative estimate of drug-likeness (QED) is 0.565. The summed E-state index contributed by atoms with van der Waals surface area (Å²) in [6.07, 6.45) is 0.195. The van der Waals surface area contributed by atoms with Gasteiger partial charge < -0.3 is 10.5 Å². The Morgan fingerprint density at radius 3 is 2.29 bits per heavy atom. The van der Waals surface area contributed by atoms with Gasteiger partial charge in [-0.2, -0.15) is 0 Å². The number of ether oxygens (including phenoxy) is 1. The fourth-order valence-corrected chi connectivity index (χ4v) is 1.04. The van der Waals surface area contributed by atoms with Crippen LogP contribution in [0.25, 0.3) is 0 Å². The van der Waals surface area contributed by atoms with Crippen molar-refractivity contribution in [1.29, 1.82) is 0 Å². The first kappa shape index (κ1) is 10.2. The van der Waals surface area contributed by atoms with E-state index in [1.165, 1.54) is 6.92 Å². The average molecular weight is 193 g/mol. The molecule has 0 aliphatic heterocycles. The number of hydrogen-bond donors (Lipinski definition) is 1. The van der Waals surface area contributed by atoms with Gasteiger partial charge in [0.1, 0.15) is 5.75 Å². The molecule has 0 atom stereocenters. The topological polar surface area (TPSA) is 69.4 Å². The summed E-state index contributed by atoms with van der Waals surface area (Å²) < 4.78 is 4.82. The Hall–Kier alpha value is -1.84. The summed E-state index contributed by atoms with van der Waals surface area (Å²) in [5, 5.41) is 0. The Balaban J connectivity index is 2.68. The molecule has 4 heteroatoms. The van der Waals surface area contributed by atoms with Crippen molar-refractivity contribution in [3.8, 4) is 5.75 Å². The molecule has 2 N–H and O–H groups in total. The molecule has 14 heavy (non-hydrogen) atoms. The molecule has 1 aromatic rings. The number of rotatable bonds is 3. The van der Waals surface area contributed by atoms with Crippen LogP contribution in [0.5, 0.6) is 5.75 Å². The van der Waals surface area contributed by atoms with Gasteiger partial charge in [-0.1, -0.05) is 12.1 Å². The number of benzene rings is 1. The highest BCUT2D eigenvalue weighted by Crippen LogP contribution is 2.12. The van der Waals surface area contributed by atoms with Crippen molar-refractivity contribution in [3.63, 3.8) is 0 Å². The molecule has 0 aromatic heterocycles. The molecule has 0 unspecified atom stereocenters. The molecule has 0 radical (unpaired) electrons. The minimum absolute atomic E-state index is 0.195. The van der Waals surface area contributed by atoms with Crippen LogP contribution in [0.3, 0.4) is 0 Å². The average Bonchev–Trinajstić information content (AvgIpc) is 2.06. The lowest BCUT2D eigenvalue weighted by Crippen LogP contribution is -2.13. The van der Waals surface area contributed by atoms with Gasteiger partial charge >= 0.3 is 5.97 Å². The number of nitrogens with two attached hydrogens (primary N) is 1. The van der Waals surface area contributed by atoms with Crippen LogP contribution in [0.1, 0.15) is 12.5 Å². The van der Waals surface area contributed by atoms with E-state index in [4.69, 9.17) is 10.5 Å². The highest BCUT2D eigenvalue weighted by Gasteiger charge is 2.00. The summed E-state index contributed by atoms with van der Waals surface area (Å²) in [6.45, 7) is 1.33. The second-order valence-corrected chi connectivity index (χ2v) is 2.88. The number of primary amides is 1. The Bertz CT molecular complexity index is 308. The van der Waals surface area contributed by atoms with Crippen LogP contribution in [0.15, 0.2) is 24.3 Å². The maximum Gasteiger partial charge on any atom is 0.308 e. The second-order valence-electron chi connectivity index (χ2n) is 2.88. The molecular formula is C10H11NO3. The van der Waals surface area contributed by atoms with E-state index in [0.717, 1.165) is 5.56 Å². The van der Waals surface area contributed by atoms with Crippen molar-refractivity contribution in [1.82, 2.24) is 0 Å². The van der Waals surface area contributed by atoms with Crippen molar-refractivity contribution < 1.29 is 14.3 Å². The Labute approximate surface area is 81.7 Å². The Morgan fingerprint density at radius 2 is 1.86 bits per heavy atom. The van der Waals surface area contributed by atoms with Crippen LogP contribution in [0.4, 0.5) is 0 Å². The van der Waals surface area contributed by atoms with Crippen LogP contribution >= 0.6 is 0 Å². The minimum atomic E-state index is -0.384. The molecule has 0 heterocycles. The number of amides is 1. The zero-order chi connectivity index (χ0) is 10.6. The largest absolute Gasteiger partial charge is 0.427 e. The van der Waals surface area contributed by atoms with E-state index in [9.17, 15) is 9.59 Å². The van der Waals surface area contributed by atoms with Crippen LogP contribution in [-0.4, -0.2) is 11.9 Å². The standard InChI is InChI=1S/C10H11NO3/c1-7(12)14-9-4-2-8(3-5-9)6-10(11)13/h2-5H,6H2,1H3,(H2,11,13). The number of esters is 1. The smallest absolute Gasteiger partial charge is 0.308 e. The Kier molecular flexibility index (Phi) is 3.23. The number of carbonyl (C=O) groups is 2. The Morgan fingerprint density at radius 1 is 1.29 bits per heavy atom. The van der Waals surface area contributed by atoms with E-state index < -0.39 is 0 Å². The van der Waals surface area contributed by atoms with E-state index in [2.05, 4.69) is 0 Å². The normalized spacial score (nSPS) is 9.50. The third-order valence-corrected chi connectivity index (χ3v) is 1.56. The molecule has 0 aliphatic carbocycles. The van der Waals surface area contributed by atoms with Gasteiger partial charge in [-0.15, -0.1) is 0 Å². The zero-order valence-electron chi connectivity index (χ0n) is 7.82. The van der Waals surface area contributed by atoms with Crippen molar-refractivity contribution in [3.05, 3.63) is 29.8 Å². The van der Waals surface area contributed by atoms with E-state index in [0.29, 0.717) is 5.75 Å². The molecule has 0 saturated heterocycles. The summed E-state index contributed by atoms with van der Waals surface area (Å²) in [7, 11) is 0. The molecular weight excluding hydrogens is 182 g/mol. The summed E-state index contributed by atoms with van der Waals surface area (Å²) in [4.78, 5) is 21.1. The molecule has 1 aromatic carbocycles. The van der Waals surface area contributed by atoms with E-state index in [1.807, 2.05) is 0 Å². The first-order valence-electron chi connectivity index (χ1n) is 4.13. The maximum absolute atomic E-state index is 10.6. The van der Waals surface area contributed by atoms with Gasteiger partial charge in [0.2, 0.25) is 5.91 Å². The van der Waals surface area contributed by atoms with Gasteiger partial charge in [-0.05, 0) is 17.7 Å². The highest BCUT2D eigenvalue weighted by molar-refractivity contribution is 5.76. The zero-order valence-corrected chi connectivity index (χ0v) is 7.82. The van der Waals surface area contributed by atoms with E-state index in [-0.39, 0.29) is 18.3 Å². The van der Waals surface area contributed by atoms with Gasteiger partial charge in [-0.3, -0.25) is 9.59 Å². The van der Waals surface area contributed by atoms with Crippen molar-refractivity contribution in [2.75, 3.05) is 0 Å². The third-order valence-electron chi connectivity index (χ3n) is 1.56. The highest BCUT2D eigenvalue weighted by atomic mass is 16.5. The molecule has 1 amide bonds. The van der Waals surface area contributed by atoms with Crippen LogP contribution in [0, 0.1) is 0 Å². The van der Waals surface area contributed by atoms with Gasteiger partial charge in [0.05, 0.1) is 6.42 Å². The molecule has 0 bridgehead atoms. The van der Waals surface area contributed by atoms with Crippen LogP contribution < -0.4 is 10.5 Å². The molecule has 0 spiro atoms. The van der Waals surface area contributed by atoms with Gasteiger partial charge in [0.25, 0.3) is 0 Å². The number of hydrogen-bond acceptors (Lipinski definition) is 3. The lowest BCUT2D eigenvalue weighted by atomic mass is 10.1. The molecule has 74 valence electrons. The number of carbonyl (C=O) groups excluding carboxylic acids is 2. The summed E-state index contributed by atoms with van der Waals surface area (Å²) in [5.74, 6) is -0.288. The second kappa shape index (κ2) is 4.41. The molecule has 1 rings (SSSR count). The van der Waals surface area contributed by atoms with Gasteiger partial charge in [0.15, 0.2) is 0 Å². The monoisotopic (exact) mass is 193 g/mol. The van der Waals surface area contributed by atoms with Crippen LogP contribution in [-0.2, 0) is 16.0 Å². The summed E-state index contributed by atoms with van der Waals surface area (Å²) in [6, 6.07) is 6.64. The van der Waals surface area contributed by atoms with Gasteiger partial charge in [-0.25, -0.2) is 0 Å². The first-order valence-corrected chi connectivity index (χ1v) is 4.13. The predicted molar refractivity (Wildman–Crippen MR) is 50.6 cm³/mol. The SMILES string of the molecule is CC(=O)Oc1ccc(CC(N)=O)cc1. The van der Waals surface area contributed by atoms with Gasteiger partial charge in [0, 0.05) is 6.92 Å². The molecule has 0 saturated carbocycles. The molecule has 0 aliphatic rings. The maximum atomic E-state index is 10.6. The lowest BCUT2D eigenvalue weighted by Gasteiger charge is -2.01. The predicted octanol–water partition coefficient (Wildman–Crippen LogP) is 0.640. The van der Waals surface area contributed by atoms with E-state index >= 15 is 0 Å². The fraction of sp³-hybridized carbons (Fsp3) is 0.200. The third kappa shape index (κ3) is 3.26. The lowest BCUT2D eigenvalue weighted by molar-refractivity contribution is -0.131. The van der Waals surface area contributed by atoms with Crippen molar-refractivity contribution in [2.45, 2.75) is 13.3 Å². The summed E-state index contributed by atoms with van der Waals surface area (Å²) >= 11 is 0. The van der Waals surface area contributed by atoms with E-state index in [1.54, 1.807) is 24.3 Å².